The molecule has 0 aromatic carbocycles. The molecule has 2 aliphatic rings. The maximum absolute atomic E-state index is 6.21. The van der Waals surface area contributed by atoms with E-state index in [-0.39, 0.29) is 0 Å². The molecule has 94 valence electrons. The number of nitrogens with two attached hydrogens (primary N) is 1. The Labute approximate surface area is 101 Å². The molecule has 2 rings (SSSR count). The number of rotatable bonds is 3. The topological polar surface area (TPSA) is 29.3 Å². The van der Waals surface area contributed by atoms with Crippen molar-refractivity contribution < 1.29 is 0 Å². The summed E-state index contributed by atoms with van der Waals surface area (Å²) in [5.41, 5.74) is 6.61. The van der Waals surface area contributed by atoms with Crippen LogP contribution in [0.4, 0.5) is 0 Å². The zero-order valence-corrected chi connectivity index (χ0v) is 11.4. The molecule has 0 heterocycles. The second kappa shape index (κ2) is 4.30. The highest BCUT2D eigenvalue weighted by molar-refractivity contribution is 4.95. The molecular formula is C14H28N2. The largest absolute Gasteiger partial charge is 0.327 e. The Morgan fingerprint density at radius 3 is 2.38 bits per heavy atom. The summed E-state index contributed by atoms with van der Waals surface area (Å²) in [6, 6.07) is 1.30. The third kappa shape index (κ3) is 2.28. The van der Waals surface area contributed by atoms with E-state index in [4.69, 9.17) is 5.73 Å². The summed E-state index contributed by atoms with van der Waals surface area (Å²) >= 11 is 0. The van der Waals surface area contributed by atoms with E-state index in [2.05, 4.69) is 32.7 Å². The van der Waals surface area contributed by atoms with E-state index >= 15 is 0 Å². The van der Waals surface area contributed by atoms with E-state index in [1.165, 1.54) is 32.2 Å². The van der Waals surface area contributed by atoms with Gasteiger partial charge in [-0.1, -0.05) is 20.8 Å². The highest BCUT2D eigenvalue weighted by Gasteiger charge is 2.42. The van der Waals surface area contributed by atoms with Crippen LogP contribution in [0.5, 0.6) is 0 Å². The molecule has 0 bridgehead atoms. The summed E-state index contributed by atoms with van der Waals surface area (Å²) in [5, 5.41) is 0. The lowest BCUT2D eigenvalue weighted by Gasteiger charge is -2.48. The Bertz CT molecular complexity index is 245. The van der Waals surface area contributed by atoms with Gasteiger partial charge in [-0.25, -0.2) is 0 Å². The molecule has 3 unspecified atom stereocenters. The van der Waals surface area contributed by atoms with Gasteiger partial charge in [-0.3, -0.25) is 0 Å². The summed E-state index contributed by atoms with van der Waals surface area (Å²) in [4.78, 5) is 2.58. The minimum Gasteiger partial charge on any atom is -0.327 e. The Morgan fingerprint density at radius 1 is 1.19 bits per heavy atom. The second-order valence-corrected chi connectivity index (χ2v) is 6.72. The van der Waals surface area contributed by atoms with Crippen LogP contribution in [0.3, 0.4) is 0 Å². The van der Waals surface area contributed by atoms with Gasteiger partial charge in [-0.15, -0.1) is 0 Å². The summed E-state index contributed by atoms with van der Waals surface area (Å²) in [6.07, 6.45) is 5.36. The van der Waals surface area contributed by atoms with Gasteiger partial charge in [0.1, 0.15) is 0 Å². The maximum Gasteiger partial charge on any atom is 0.00934 e. The molecule has 0 aliphatic heterocycles. The lowest BCUT2D eigenvalue weighted by Crippen LogP contribution is -2.49. The number of hydrogen-bond donors (Lipinski definition) is 1. The van der Waals surface area contributed by atoms with Crippen LogP contribution in [0, 0.1) is 17.3 Å². The Hall–Kier alpha value is -0.0800. The number of nitrogens with zero attached hydrogens (tertiary/aromatic N) is 1. The van der Waals surface area contributed by atoms with Crippen LogP contribution in [0.2, 0.25) is 0 Å². The summed E-state index contributed by atoms with van der Waals surface area (Å²) in [5.74, 6) is 1.48. The van der Waals surface area contributed by atoms with E-state index in [1.54, 1.807) is 0 Å². The fourth-order valence-electron chi connectivity index (χ4n) is 3.28. The molecule has 2 saturated carbocycles. The van der Waals surface area contributed by atoms with Gasteiger partial charge in [0.05, 0.1) is 0 Å². The highest BCUT2D eigenvalue weighted by atomic mass is 15.2. The molecule has 0 aromatic rings. The standard InChI is InChI=1S/C14H28N2/c1-10-13(15)8-5-11(14(10,2)3)9-16(4)12-6-7-12/h10-13H,5-9,15H2,1-4H3. The molecule has 2 nitrogen and oxygen atoms in total. The molecule has 0 radical (unpaired) electrons. The Morgan fingerprint density at radius 2 is 1.81 bits per heavy atom. The van der Waals surface area contributed by atoms with Gasteiger partial charge in [0.15, 0.2) is 0 Å². The van der Waals surface area contributed by atoms with Crippen LogP contribution < -0.4 is 5.73 Å². The van der Waals surface area contributed by atoms with Crippen molar-refractivity contribution in [3.63, 3.8) is 0 Å². The van der Waals surface area contributed by atoms with Crippen LogP contribution in [0.25, 0.3) is 0 Å². The smallest absolute Gasteiger partial charge is 0.00934 e. The maximum atomic E-state index is 6.21. The molecule has 0 amide bonds. The second-order valence-electron chi connectivity index (χ2n) is 6.72. The van der Waals surface area contributed by atoms with Crippen molar-refractivity contribution in [3.05, 3.63) is 0 Å². The molecule has 2 fully saturated rings. The van der Waals surface area contributed by atoms with Gasteiger partial charge >= 0.3 is 0 Å². The lowest BCUT2D eigenvalue weighted by atomic mass is 9.61. The monoisotopic (exact) mass is 224 g/mol. The summed E-state index contributed by atoms with van der Waals surface area (Å²) in [7, 11) is 2.30. The fraction of sp³-hybridized carbons (Fsp3) is 1.00. The zero-order valence-electron chi connectivity index (χ0n) is 11.4. The van der Waals surface area contributed by atoms with E-state index in [1.807, 2.05) is 0 Å². The van der Waals surface area contributed by atoms with Crippen molar-refractivity contribution >= 4 is 0 Å². The van der Waals surface area contributed by atoms with Gasteiger partial charge in [0, 0.05) is 18.6 Å². The molecule has 16 heavy (non-hydrogen) atoms. The van der Waals surface area contributed by atoms with E-state index in [9.17, 15) is 0 Å². The predicted octanol–water partition coefficient (Wildman–Crippen LogP) is 2.48. The predicted molar refractivity (Wildman–Crippen MR) is 69.3 cm³/mol. The first-order valence-corrected chi connectivity index (χ1v) is 6.88. The van der Waals surface area contributed by atoms with Crippen LogP contribution >= 0.6 is 0 Å². The van der Waals surface area contributed by atoms with Crippen molar-refractivity contribution in [2.45, 2.75) is 58.5 Å². The van der Waals surface area contributed by atoms with Crippen LogP contribution in [0.1, 0.15) is 46.5 Å². The zero-order chi connectivity index (χ0) is 11.9. The van der Waals surface area contributed by atoms with Crippen LogP contribution in [-0.4, -0.2) is 30.6 Å². The van der Waals surface area contributed by atoms with Crippen molar-refractivity contribution in [1.29, 1.82) is 0 Å². The molecule has 0 spiro atoms. The highest BCUT2D eigenvalue weighted by Crippen LogP contribution is 2.45. The van der Waals surface area contributed by atoms with Crippen LogP contribution in [-0.2, 0) is 0 Å². The first-order valence-electron chi connectivity index (χ1n) is 6.88. The van der Waals surface area contributed by atoms with Crippen molar-refractivity contribution in [1.82, 2.24) is 4.90 Å². The Kier molecular flexibility index (Phi) is 3.33. The first kappa shape index (κ1) is 12.4. The molecule has 3 atom stereocenters. The Balaban J connectivity index is 1.97. The average molecular weight is 224 g/mol. The first-order chi connectivity index (χ1) is 7.43. The van der Waals surface area contributed by atoms with Gasteiger partial charge < -0.3 is 10.6 Å². The molecule has 2 heteroatoms. The normalized spacial score (nSPS) is 39.0. The molecule has 2 N–H and O–H groups in total. The third-order valence-electron chi connectivity index (χ3n) is 5.40. The van der Waals surface area contributed by atoms with E-state index in [0.717, 1.165) is 12.0 Å². The van der Waals surface area contributed by atoms with Crippen molar-refractivity contribution in [2.75, 3.05) is 13.6 Å². The van der Waals surface area contributed by atoms with E-state index in [0.29, 0.717) is 17.4 Å². The van der Waals surface area contributed by atoms with Gasteiger partial charge in [0.2, 0.25) is 0 Å². The van der Waals surface area contributed by atoms with Gasteiger partial charge in [-0.05, 0) is 50.0 Å². The third-order valence-corrected chi connectivity index (χ3v) is 5.40. The molecule has 0 saturated heterocycles. The molecular weight excluding hydrogens is 196 g/mol. The SMILES string of the molecule is CC1C(N)CCC(CN(C)C2CC2)C1(C)C. The summed E-state index contributed by atoms with van der Waals surface area (Å²) < 4.78 is 0. The number of hydrogen-bond acceptors (Lipinski definition) is 2. The minimum absolute atomic E-state index is 0.404. The average Bonchev–Trinajstić information content (AvgIpc) is 3.03. The fourth-order valence-corrected chi connectivity index (χ4v) is 3.28. The molecule has 2 aliphatic carbocycles. The van der Waals surface area contributed by atoms with Crippen LogP contribution in [0.15, 0.2) is 0 Å². The minimum atomic E-state index is 0.404. The molecule has 0 aromatic heterocycles. The van der Waals surface area contributed by atoms with E-state index < -0.39 is 0 Å². The summed E-state index contributed by atoms with van der Waals surface area (Å²) in [6.45, 7) is 8.45. The van der Waals surface area contributed by atoms with Crippen molar-refractivity contribution in [2.24, 2.45) is 23.0 Å². The lowest BCUT2D eigenvalue weighted by molar-refractivity contribution is 0.0324. The quantitative estimate of drug-likeness (QED) is 0.798. The van der Waals surface area contributed by atoms with Crippen molar-refractivity contribution in [3.8, 4) is 0 Å². The van der Waals surface area contributed by atoms with Gasteiger partial charge in [0.25, 0.3) is 0 Å². The van der Waals surface area contributed by atoms with Gasteiger partial charge in [-0.2, -0.15) is 0 Å².